The molecule has 0 unspecified atom stereocenters. The second kappa shape index (κ2) is 6.09. The molecule has 110 valence electrons. The van der Waals surface area contributed by atoms with Crippen molar-refractivity contribution in [3.05, 3.63) is 17.8 Å². The number of ether oxygens (including phenoxy) is 1. The number of nitrogens with zero attached hydrogens (tertiary/aromatic N) is 3. The van der Waals surface area contributed by atoms with E-state index in [9.17, 15) is 4.79 Å². The smallest absolute Gasteiger partial charge is 0.340 e. The normalized spacial score (nSPS) is 16.9. The average molecular weight is 278 g/mol. The van der Waals surface area contributed by atoms with Gasteiger partial charge < -0.3 is 20.3 Å². The number of piperidine rings is 1. The van der Waals surface area contributed by atoms with Crippen LogP contribution in [0.15, 0.2) is 12.3 Å². The number of anilines is 2. The van der Waals surface area contributed by atoms with Crippen LogP contribution >= 0.6 is 0 Å². The number of aromatic nitrogens is 1. The molecule has 6 nitrogen and oxygen atoms in total. The topological polar surface area (TPSA) is 71.7 Å². The second-order valence-electron chi connectivity index (χ2n) is 5.27. The van der Waals surface area contributed by atoms with E-state index < -0.39 is 5.97 Å². The number of carbonyl (C=O) groups is 1. The molecule has 1 aromatic heterocycles. The SMILES string of the molecule is COC(=O)c1cc(N(C)C2CCN(C)CC2)ncc1N. The van der Waals surface area contributed by atoms with Crippen molar-refractivity contribution < 1.29 is 9.53 Å². The summed E-state index contributed by atoms with van der Waals surface area (Å²) in [7, 11) is 5.49. The largest absolute Gasteiger partial charge is 0.465 e. The van der Waals surface area contributed by atoms with Gasteiger partial charge in [-0.2, -0.15) is 0 Å². The summed E-state index contributed by atoms with van der Waals surface area (Å²) in [6.07, 6.45) is 3.70. The van der Waals surface area contributed by atoms with Gasteiger partial charge in [0, 0.05) is 13.1 Å². The van der Waals surface area contributed by atoms with Crippen LogP contribution in [0.1, 0.15) is 23.2 Å². The minimum absolute atomic E-state index is 0.345. The molecule has 1 saturated heterocycles. The first-order chi connectivity index (χ1) is 9.52. The lowest BCUT2D eigenvalue weighted by atomic mass is 10.0. The summed E-state index contributed by atoms with van der Waals surface area (Å²) in [6, 6.07) is 2.15. The van der Waals surface area contributed by atoms with Crippen LogP contribution in [0.2, 0.25) is 0 Å². The Hall–Kier alpha value is -1.82. The standard InChI is InChI=1S/C14H22N4O2/c1-17-6-4-10(5-7-17)18(2)13-8-11(14(19)20-3)12(15)9-16-13/h8-10H,4-7,15H2,1-3H3. The molecule has 1 aliphatic heterocycles. The average Bonchev–Trinajstić information content (AvgIpc) is 2.47. The van der Waals surface area contributed by atoms with Gasteiger partial charge >= 0.3 is 5.97 Å². The van der Waals surface area contributed by atoms with Crippen molar-refractivity contribution in [1.82, 2.24) is 9.88 Å². The second-order valence-corrected chi connectivity index (χ2v) is 5.27. The predicted octanol–water partition coefficient (Wildman–Crippen LogP) is 0.981. The number of methoxy groups -OCH3 is 1. The summed E-state index contributed by atoms with van der Waals surface area (Å²) in [6.45, 7) is 2.15. The van der Waals surface area contributed by atoms with E-state index in [4.69, 9.17) is 10.5 Å². The van der Waals surface area contributed by atoms with Crippen LogP contribution in [0.5, 0.6) is 0 Å². The number of likely N-dealkylation sites (tertiary alicyclic amines) is 1. The number of hydrogen-bond acceptors (Lipinski definition) is 6. The van der Waals surface area contributed by atoms with Gasteiger partial charge in [-0.1, -0.05) is 0 Å². The lowest BCUT2D eigenvalue weighted by Crippen LogP contribution is -2.42. The molecule has 20 heavy (non-hydrogen) atoms. The monoisotopic (exact) mass is 278 g/mol. The molecule has 0 bridgehead atoms. The zero-order valence-corrected chi connectivity index (χ0v) is 12.3. The molecule has 0 amide bonds. The van der Waals surface area contributed by atoms with E-state index in [1.54, 1.807) is 6.07 Å². The zero-order valence-electron chi connectivity index (χ0n) is 12.3. The summed E-state index contributed by atoms with van der Waals surface area (Å²) >= 11 is 0. The highest BCUT2D eigenvalue weighted by atomic mass is 16.5. The quantitative estimate of drug-likeness (QED) is 0.831. The van der Waals surface area contributed by atoms with Crippen molar-refractivity contribution >= 4 is 17.5 Å². The van der Waals surface area contributed by atoms with Gasteiger partial charge in [0.1, 0.15) is 5.82 Å². The number of carbonyl (C=O) groups excluding carboxylic acids is 1. The summed E-state index contributed by atoms with van der Waals surface area (Å²) in [5, 5.41) is 0. The Labute approximate surface area is 119 Å². The summed E-state index contributed by atoms with van der Waals surface area (Å²) < 4.78 is 4.74. The van der Waals surface area contributed by atoms with Crippen molar-refractivity contribution in [3.63, 3.8) is 0 Å². The third-order valence-corrected chi connectivity index (χ3v) is 3.92. The Kier molecular flexibility index (Phi) is 4.44. The molecular weight excluding hydrogens is 256 g/mol. The Morgan fingerprint density at radius 2 is 2.15 bits per heavy atom. The molecule has 6 heteroatoms. The third kappa shape index (κ3) is 3.01. The molecule has 0 aliphatic carbocycles. The molecule has 1 aliphatic rings. The van der Waals surface area contributed by atoms with Gasteiger partial charge in [0.15, 0.2) is 0 Å². The van der Waals surface area contributed by atoms with E-state index in [0.717, 1.165) is 31.7 Å². The minimum atomic E-state index is -0.428. The molecule has 2 heterocycles. The van der Waals surface area contributed by atoms with Crippen molar-refractivity contribution in [2.75, 3.05) is 44.9 Å². The van der Waals surface area contributed by atoms with Gasteiger partial charge in [0.2, 0.25) is 0 Å². The van der Waals surface area contributed by atoms with Crippen molar-refractivity contribution in [1.29, 1.82) is 0 Å². The van der Waals surface area contributed by atoms with Crippen molar-refractivity contribution in [2.45, 2.75) is 18.9 Å². The molecule has 2 N–H and O–H groups in total. The fourth-order valence-corrected chi connectivity index (χ4v) is 2.50. The van der Waals surface area contributed by atoms with Crippen molar-refractivity contribution in [2.24, 2.45) is 0 Å². The zero-order chi connectivity index (χ0) is 14.7. The maximum atomic E-state index is 11.7. The molecule has 1 aromatic rings. The predicted molar refractivity (Wildman–Crippen MR) is 78.9 cm³/mol. The maximum absolute atomic E-state index is 11.7. The number of nitrogens with two attached hydrogens (primary N) is 1. The molecule has 0 aromatic carbocycles. The summed E-state index contributed by atoms with van der Waals surface area (Å²) in [4.78, 5) is 20.4. The fourth-order valence-electron chi connectivity index (χ4n) is 2.50. The van der Waals surface area contributed by atoms with Crippen LogP contribution in [0.4, 0.5) is 11.5 Å². The van der Waals surface area contributed by atoms with E-state index in [-0.39, 0.29) is 0 Å². The van der Waals surface area contributed by atoms with Crippen LogP contribution in [-0.2, 0) is 4.74 Å². The van der Waals surface area contributed by atoms with Crippen LogP contribution < -0.4 is 10.6 Å². The number of rotatable bonds is 3. The number of nitrogen functional groups attached to an aromatic ring is 1. The van der Waals surface area contributed by atoms with E-state index in [1.807, 2.05) is 7.05 Å². The Balaban J connectivity index is 2.17. The molecule has 0 saturated carbocycles. The van der Waals surface area contributed by atoms with E-state index in [1.165, 1.54) is 13.3 Å². The first kappa shape index (κ1) is 14.6. The lowest BCUT2D eigenvalue weighted by molar-refractivity contribution is 0.0602. The molecule has 0 atom stereocenters. The fraction of sp³-hybridized carbons (Fsp3) is 0.571. The highest BCUT2D eigenvalue weighted by molar-refractivity contribution is 5.95. The Bertz CT molecular complexity index is 484. The number of pyridine rings is 1. The van der Waals surface area contributed by atoms with Crippen LogP contribution in [0.3, 0.4) is 0 Å². The van der Waals surface area contributed by atoms with Gasteiger partial charge in [0.25, 0.3) is 0 Å². The Morgan fingerprint density at radius 3 is 2.75 bits per heavy atom. The number of esters is 1. The van der Waals surface area contributed by atoms with Crippen LogP contribution in [0.25, 0.3) is 0 Å². The molecule has 0 spiro atoms. The number of hydrogen-bond donors (Lipinski definition) is 1. The van der Waals surface area contributed by atoms with Crippen molar-refractivity contribution in [3.8, 4) is 0 Å². The minimum Gasteiger partial charge on any atom is -0.465 e. The summed E-state index contributed by atoms with van der Waals surface area (Å²) in [5.74, 6) is 0.331. The summed E-state index contributed by atoms with van der Waals surface area (Å²) in [5.41, 5.74) is 6.49. The van der Waals surface area contributed by atoms with Gasteiger partial charge in [-0.25, -0.2) is 9.78 Å². The highest BCUT2D eigenvalue weighted by Crippen LogP contribution is 2.23. The third-order valence-electron chi connectivity index (χ3n) is 3.92. The molecule has 2 rings (SSSR count). The molecule has 1 fully saturated rings. The molecular formula is C14H22N4O2. The van der Waals surface area contributed by atoms with Crippen LogP contribution in [-0.4, -0.2) is 56.2 Å². The molecule has 0 radical (unpaired) electrons. The highest BCUT2D eigenvalue weighted by Gasteiger charge is 2.22. The van der Waals surface area contributed by atoms with E-state index in [0.29, 0.717) is 17.3 Å². The maximum Gasteiger partial charge on any atom is 0.340 e. The van der Waals surface area contributed by atoms with Crippen LogP contribution in [0, 0.1) is 0 Å². The van der Waals surface area contributed by atoms with E-state index >= 15 is 0 Å². The first-order valence-electron chi connectivity index (χ1n) is 6.78. The van der Waals surface area contributed by atoms with E-state index in [2.05, 4.69) is 21.8 Å². The van der Waals surface area contributed by atoms with Gasteiger partial charge in [-0.3, -0.25) is 0 Å². The Morgan fingerprint density at radius 1 is 1.50 bits per heavy atom. The van der Waals surface area contributed by atoms with Gasteiger partial charge in [-0.15, -0.1) is 0 Å². The first-order valence-corrected chi connectivity index (χ1v) is 6.78. The van der Waals surface area contributed by atoms with Gasteiger partial charge in [-0.05, 0) is 39.0 Å². The lowest BCUT2D eigenvalue weighted by Gasteiger charge is -2.35. The van der Waals surface area contributed by atoms with Gasteiger partial charge in [0.05, 0.1) is 24.6 Å².